The molecule has 0 saturated heterocycles. The molecule has 1 saturated carbocycles. The van der Waals surface area contributed by atoms with Crippen LogP contribution < -0.4 is 9.47 Å². The van der Waals surface area contributed by atoms with Crippen LogP contribution in [0.4, 0.5) is 0 Å². The summed E-state index contributed by atoms with van der Waals surface area (Å²) in [5.74, 6) is 1.58. The Balaban J connectivity index is 0.00000336. The Labute approximate surface area is 218 Å². The third-order valence-electron chi connectivity index (χ3n) is 6.98. The van der Waals surface area contributed by atoms with Crippen molar-refractivity contribution in [2.24, 2.45) is 0 Å². The number of fused-ring (bicyclic) bond motifs is 1. The SMILES string of the molecule is O=C(Cc1cccc(-c2ccc(S(=O)(=O)CCCOCCO)cc2)c1)C1(c2ccc3c(c2)OCO3)CC1.[HH]. The Hall–Kier alpha value is -3.20. The summed E-state index contributed by atoms with van der Waals surface area (Å²) >= 11 is 0. The van der Waals surface area contributed by atoms with Crippen molar-refractivity contribution in [3.05, 3.63) is 77.9 Å². The fourth-order valence-corrected chi connectivity index (χ4v) is 6.04. The Morgan fingerprint density at radius 2 is 1.73 bits per heavy atom. The molecular weight excluding hydrogens is 492 g/mol. The first kappa shape index (κ1) is 25.4. The smallest absolute Gasteiger partial charge is 0.231 e. The van der Waals surface area contributed by atoms with Gasteiger partial charge in [-0.2, -0.15) is 0 Å². The van der Waals surface area contributed by atoms with Crippen LogP contribution >= 0.6 is 0 Å². The summed E-state index contributed by atoms with van der Waals surface area (Å²) in [6, 6.07) is 20.4. The van der Waals surface area contributed by atoms with Crippen molar-refractivity contribution in [1.82, 2.24) is 0 Å². The van der Waals surface area contributed by atoms with E-state index in [0.29, 0.717) is 30.9 Å². The molecule has 0 atom stereocenters. The van der Waals surface area contributed by atoms with Gasteiger partial charge in [-0.05, 0) is 65.8 Å². The predicted molar refractivity (Wildman–Crippen MR) is 141 cm³/mol. The fraction of sp³-hybridized carbons (Fsp3) is 0.345. The zero-order chi connectivity index (χ0) is 25.9. The van der Waals surface area contributed by atoms with Crippen molar-refractivity contribution in [3.63, 3.8) is 0 Å². The van der Waals surface area contributed by atoms with Crippen molar-refractivity contribution in [2.75, 3.05) is 32.4 Å². The molecule has 3 aromatic carbocycles. The number of Topliss-reactive ketones (excluding diaryl/α,β-unsaturated/α-hetero) is 1. The number of sulfone groups is 1. The van der Waals surface area contributed by atoms with Crippen LogP contribution in [0.1, 0.15) is 31.8 Å². The standard InChI is InChI=1S/C29H30O7S.H2/c30-13-15-34-14-2-16-37(32,33)25-8-5-22(6-9-25)23-4-1-3-21(17-23)18-28(31)29(11-12-29)24-7-10-26-27(19-24)36-20-35-26;/h1,3-10,17,19,30H,2,11-16,18,20H2;1H. The maximum atomic E-state index is 13.4. The lowest BCUT2D eigenvalue weighted by Crippen LogP contribution is -2.22. The van der Waals surface area contributed by atoms with Crippen LogP contribution in [-0.4, -0.2) is 51.7 Å². The number of hydrogen-bond donors (Lipinski definition) is 1. The average Bonchev–Trinajstić information content (AvgIpc) is 3.59. The zero-order valence-corrected chi connectivity index (χ0v) is 21.3. The highest BCUT2D eigenvalue weighted by Crippen LogP contribution is 2.51. The van der Waals surface area contributed by atoms with E-state index in [0.717, 1.165) is 35.1 Å². The molecule has 7 nitrogen and oxygen atoms in total. The molecule has 1 fully saturated rings. The lowest BCUT2D eigenvalue weighted by atomic mass is 9.87. The van der Waals surface area contributed by atoms with Crippen molar-refractivity contribution in [2.45, 2.75) is 36.0 Å². The Bertz CT molecular complexity index is 1380. The molecule has 1 heterocycles. The molecule has 5 rings (SSSR count). The van der Waals surface area contributed by atoms with Crippen LogP contribution in [0.15, 0.2) is 71.6 Å². The lowest BCUT2D eigenvalue weighted by Gasteiger charge is -2.15. The highest BCUT2D eigenvalue weighted by Gasteiger charge is 2.50. The molecule has 37 heavy (non-hydrogen) atoms. The number of rotatable bonds is 12. The molecule has 2 aliphatic rings. The first-order valence-electron chi connectivity index (χ1n) is 12.5. The van der Waals surface area contributed by atoms with E-state index in [4.69, 9.17) is 19.3 Å². The average molecular weight is 525 g/mol. The van der Waals surface area contributed by atoms with Gasteiger partial charge >= 0.3 is 0 Å². The van der Waals surface area contributed by atoms with Gasteiger partial charge in [0, 0.05) is 14.5 Å². The highest BCUT2D eigenvalue weighted by atomic mass is 32.2. The van der Waals surface area contributed by atoms with Gasteiger partial charge in [0.1, 0.15) is 5.78 Å². The first-order valence-corrected chi connectivity index (χ1v) is 14.1. The van der Waals surface area contributed by atoms with Gasteiger partial charge in [-0.15, -0.1) is 0 Å². The van der Waals surface area contributed by atoms with Gasteiger partial charge in [0.25, 0.3) is 0 Å². The predicted octanol–water partition coefficient (Wildman–Crippen LogP) is 4.34. The summed E-state index contributed by atoms with van der Waals surface area (Å²) < 4.78 is 41.3. The first-order chi connectivity index (χ1) is 17.9. The van der Waals surface area contributed by atoms with Gasteiger partial charge in [-0.3, -0.25) is 4.79 Å². The fourth-order valence-electron chi connectivity index (χ4n) is 4.75. The van der Waals surface area contributed by atoms with E-state index in [9.17, 15) is 13.2 Å². The van der Waals surface area contributed by atoms with Crippen molar-refractivity contribution >= 4 is 15.6 Å². The number of aliphatic hydroxyl groups excluding tert-OH is 1. The second-order valence-corrected chi connectivity index (χ2v) is 11.6. The number of ketones is 1. The number of carbonyl (C=O) groups is 1. The molecule has 0 radical (unpaired) electrons. The molecule has 0 amide bonds. The second-order valence-electron chi connectivity index (χ2n) is 9.48. The molecule has 0 unspecified atom stereocenters. The minimum atomic E-state index is -3.41. The van der Waals surface area contributed by atoms with Crippen LogP contribution in [0.3, 0.4) is 0 Å². The quantitative estimate of drug-likeness (QED) is 0.352. The van der Waals surface area contributed by atoms with Crippen molar-refractivity contribution < 1.29 is 34.0 Å². The molecule has 8 heteroatoms. The Morgan fingerprint density at radius 3 is 2.49 bits per heavy atom. The van der Waals surface area contributed by atoms with Crippen LogP contribution in [0.2, 0.25) is 0 Å². The van der Waals surface area contributed by atoms with Crippen LogP contribution in [0.5, 0.6) is 11.5 Å². The van der Waals surface area contributed by atoms with Gasteiger partial charge in [0.15, 0.2) is 21.3 Å². The maximum absolute atomic E-state index is 13.4. The number of hydrogen-bond acceptors (Lipinski definition) is 7. The van der Waals surface area contributed by atoms with Gasteiger partial charge in [-0.1, -0.05) is 42.5 Å². The summed E-state index contributed by atoms with van der Waals surface area (Å²) in [4.78, 5) is 13.7. The van der Waals surface area contributed by atoms with Crippen molar-refractivity contribution in [3.8, 4) is 22.6 Å². The van der Waals surface area contributed by atoms with E-state index >= 15 is 0 Å². The summed E-state index contributed by atoms with van der Waals surface area (Å²) in [7, 11) is -3.41. The zero-order valence-electron chi connectivity index (χ0n) is 20.5. The third kappa shape index (κ3) is 5.56. The molecule has 0 bridgehead atoms. The Morgan fingerprint density at radius 1 is 0.946 bits per heavy atom. The number of benzene rings is 3. The molecule has 196 valence electrons. The minimum Gasteiger partial charge on any atom is -0.454 e. The van der Waals surface area contributed by atoms with Crippen LogP contribution in [0, 0.1) is 0 Å². The summed E-state index contributed by atoms with van der Waals surface area (Å²) in [6.07, 6.45) is 2.35. The van der Waals surface area contributed by atoms with E-state index in [1.807, 2.05) is 42.5 Å². The minimum absolute atomic E-state index is 0. The van der Waals surface area contributed by atoms with E-state index < -0.39 is 15.3 Å². The van der Waals surface area contributed by atoms with Gasteiger partial charge in [-0.25, -0.2) is 8.42 Å². The molecular formula is C29H32O7S. The largest absolute Gasteiger partial charge is 0.454 e. The van der Waals surface area contributed by atoms with E-state index in [1.54, 1.807) is 24.3 Å². The van der Waals surface area contributed by atoms with E-state index in [-0.39, 0.29) is 37.9 Å². The number of aliphatic hydroxyl groups is 1. The van der Waals surface area contributed by atoms with Crippen LogP contribution in [0.25, 0.3) is 11.1 Å². The summed E-state index contributed by atoms with van der Waals surface area (Å²) in [5.41, 5.74) is 3.26. The molecule has 1 N–H and O–H groups in total. The molecule has 0 aromatic heterocycles. The summed E-state index contributed by atoms with van der Waals surface area (Å²) in [6.45, 7) is 0.627. The Kier molecular flexibility index (Phi) is 7.33. The van der Waals surface area contributed by atoms with Gasteiger partial charge in [0.05, 0.1) is 29.3 Å². The molecule has 0 spiro atoms. The molecule has 3 aromatic rings. The second kappa shape index (κ2) is 10.7. The molecule has 1 aliphatic heterocycles. The van der Waals surface area contributed by atoms with Gasteiger partial charge < -0.3 is 19.3 Å². The van der Waals surface area contributed by atoms with E-state index in [2.05, 4.69) is 0 Å². The van der Waals surface area contributed by atoms with Gasteiger partial charge in [0.2, 0.25) is 6.79 Å². The number of ether oxygens (including phenoxy) is 3. The summed E-state index contributed by atoms with van der Waals surface area (Å²) in [5, 5.41) is 8.73. The monoisotopic (exact) mass is 524 g/mol. The number of carbonyl (C=O) groups excluding carboxylic acids is 1. The molecule has 1 aliphatic carbocycles. The highest BCUT2D eigenvalue weighted by molar-refractivity contribution is 7.91. The maximum Gasteiger partial charge on any atom is 0.231 e. The lowest BCUT2D eigenvalue weighted by molar-refractivity contribution is -0.120. The third-order valence-corrected chi connectivity index (χ3v) is 8.80. The van der Waals surface area contributed by atoms with Crippen LogP contribution in [-0.2, 0) is 31.2 Å². The van der Waals surface area contributed by atoms with E-state index in [1.165, 1.54) is 0 Å². The normalized spacial score (nSPS) is 15.5. The van der Waals surface area contributed by atoms with Crippen molar-refractivity contribution in [1.29, 1.82) is 0 Å². The topological polar surface area (TPSA) is 99.1 Å².